The highest BCUT2D eigenvalue weighted by Gasteiger charge is 2.35. The van der Waals surface area contributed by atoms with Gasteiger partial charge in [0.15, 0.2) is 0 Å². The minimum Gasteiger partial charge on any atom is -0.324 e. The fourth-order valence-corrected chi connectivity index (χ4v) is 4.33. The molecule has 142 valence electrons. The van der Waals surface area contributed by atoms with Gasteiger partial charge in [-0.15, -0.1) is 12.4 Å². The van der Waals surface area contributed by atoms with Crippen LogP contribution in [0.1, 0.15) is 52.9 Å². The Bertz CT molecular complexity index is 708. The smallest absolute Gasteiger partial charge is 0.244 e. The monoisotopic (exact) mass is 389 g/mol. The predicted octanol–water partition coefficient (Wildman–Crippen LogP) is 2.79. The molecule has 0 saturated heterocycles. The van der Waals surface area contributed by atoms with E-state index in [1.165, 1.54) is 12.1 Å². The largest absolute Gasteiger partial charge is 0.324 e. The Balaban J connectivity index is 0.00000312. The number of carbonyl (C=O) groups excluding carboxylic acids is 1. The van der Waals surface area contributed by atoms with Gasteiger partial charge in [-0.05, 0) is 51.8 Å². The van der Waals surface area contributed by atoms with E-state index in [4.69, 9.17) is 5.73 Å². The van der Waals surface area contributed by atoms with E-state index < -0.39 is 21.1 Å². The fourth-order valence-electron chi connectivity index (χ4n) is 2.87. The molecule has 25 heavy (non-hydrogen) atoms. The van der Waals surface area contributed by atoms with Crippen molar-refractivity contribution >= 4 is 34.0 Å². The van der Waals surface area contributed by atoms with Crippen LogP contribution in [-0.4, -0.2) is 25.4 Å². The lowest BCUT2D eigenvalue weighted by Crippen LogP contribution is -2.52. The Morgan fingerprint density at radius 2 is 1.76 bits per heavy atom. The molecule has 1 aliphatic carbocycles. The summed E-state index contributed by atoms with van der Waals surface area (Å²) in [6.07, 6.45) is 4.28. The number of nitrogens with two attached hydrogens (primary N) is 1. The summed E-state index contributed by atoms with van der Waals surface area (Å²) in [7, 11) is -3.65. The van der Waals surface area contributed by atoms with Gasteiger partial charge in [0.2, 0.25) is 15.9 Å². The maximum Gasteiger partial charge on any atom is 0.244 e. The topological polar surface area (TPSA) is 101 Å². The van der Waals surface area contributed by atoms with Crippen molar-refractivity contribution < 1.29 is 13.2 Å². The third-order valence-electron chi connectivity index (χ3n) is 4.04. The van der Waals surface area contributed by atoms with Crippen LogP contribution in [0.15, 0.2) is 29.2 Å². The summed E-state index contributed by atoms with van der Waals surface area (Å²) in [5.74, 6) is -0.250. The van der Waals surface area contributed by atoms with Crippen LogP contribution in [0.25, 0.3) is 0 Å². The highest BCUT2D eigenvalue weighted by Crippen LogP contribution is 2.27. The van der Waals surface area contributed by atoms with Crippen molar-refractivity contribution in [1.82, 2.24) is 4.72 Å². The number of amides is 1. The minimum absolute atomic E-state index is 0. The molecule has 1 aromatic rings. The second-order valence-electron chi connectivity index (χ2n) is 7.55. The molecule has 6 nitrogen and oxygen atoms in total. The van der Waals surface area contributed by atoms with Crippen molar-refractivity contribution in [2.75, 3.05) is 5.32 Å². The van der Waals surface area contributed by atoms with E-state index in [2.05, 4.69) is 10.0 Å². The van der Waals surface area contributed by atoms with Gasteiger partial charge < -0.3 is 11.1 Å². The van der Waals surface area contributed by atoms with Gasteiger partial charge in [0, 0.05) is 11.2 Å². The number of hydrogen-bond acceptors (Lipinski definition) is 4. The number of benzene rings is 1. The van der Waals surface area contributed by atoms with E-state index in [0.29, 0.717) is 18.5 Å². The summed E-state index contributed by atoms with van der Waals surface area (Å²) in [5.41, 5.74) is 5.21. The van der Waals surface area contributed by atoms with Gasteiger partial charge in [0.1, 0.15) is 0 Å². The molecule has 1 saturated carbocycles. The number of sulfonamides is 1. The first-order valence-electron chi connectivity index (χ1n) is 8.26. The number of rotatable bonds is 4. The van der Waals surface area contributed by atoms with Crippen molar-refractivity contribution in [3.8, 4) is 0 Å². The second kappa shape index (κ2) is 8.03. The standard InChI is InChI=1S/C17H27N3O3S.ClH/c1-16(2,3)20-24(22,23)14-9-7-8-13(12-14)19-15(21)17(18)10-5-4-6-11-17;/h7-9,12,20H,4-6,10-11,18H2,1-3H3,(H,19,21);1H. The van der Waals surface area contributed by atoms with Crippen LogP contribution in [0, 0.1) is 0 Å². The van der Waals surface area contributed by atoms with Crippen molar-refractivity contribution in [2.24, 2.45) is 5.73 Å². The normalized spacial score (nSPS) is 17.4. The summed E-state index contributed by atoms with van der Waals surface area (Å²) in [4.78, 5) is 12.6. The molecular formula is C17H28ClN3O3S. The predicted molar refractivity (Wildman–Crippen MR) is 102 cm³/mol. The Morgan fingerprint density at radius 3 is 2.32 bits per heavy atom. The number of anilines is 1. The lowest BCUT2D eigenvalue weighted by Gasteiger charge is -2.31. The number of hydrogen-bond donors (Lipinski definition) is 3. The number of nitrogens with one attached hydrogen (secondary N) is 2. The van der Waals surface area contributed by atoms with Gasteiger partial charge in [-0.2, -0.15) is 0 Å². The van der Waals surface area contributed by atoms with E-state index >= 15 is 0 Å². The molecule has 0 bridgehead atoms. The molecule has 1 aromatic carbocycles. The van der Waals surface area contributed by atoms with Crippen molar-refractivity contribution in [3.05, 3.63) is 24.3 Å². The molecule has 1 amide bonds. The van der Waals surface area contributed by atoms with Crippen LogP contribution in [0.4, 0.5) is 5.69 Å². The average Bonchev–Trinajstić information content (AvgIpc) is 2.46. The summed E-state index contributed by atoms with van der Waals surface area (Å²) in [6, 6.07) is 6.23. The molecule has 0 radical (unpaired) electrons. The lowest BCUT2D eigenvalue weighted by molar-refractivity contribution is -0.122. The molecule has 0 spiro atoms. The molecule has 4 N–H and O–H groups in total. The van der Waals surface area contributed by atoms with Crippen LogP contribution in [0.2, 0.25) is 0 Å². The van der Waals surface area contributed by atoms with Gasteiger partial charge in [-0.1, -0.05) is 25.3 Å². The van der Waals surface area contributed by atoms with Gasteiger partial charge >= 0.3 is 0 Å². The van der Waals surface area contributed by atoms with E-state index in [0.717, 1.165) is 19.3 Å². The second-order valence-corrected chi connectivity index (χ2v) is 9.24. The van der Waals surface area contributed by atoms with Gasteiger partial charge in [0.25, 0.3) is 0 Å². The molecule has 1 fully saturated rings. The Morgan fingerprint density at radius 1 is 1.16 bits per heavy atom. The van der Waals surface area contributed by atoms with E-state index in [1.807, 2.05) is 0 Å². The van der Waals surface area contributed by atoms with Crippen molar-refractivity contribution in [1.29, 1.82) is 0 Å². The zero-order valence-corrected chi connectivity index (χ0v) is 16.6. The first kappa shape index (κ1) is 21.9. The van der Waals surface area contributed by atoms with Crippen LogP contribution >= 0.6 is 12.4 Å². The highest BCUT2D eigenvalue weighted by molar-refractivity contribution is 7.89. The molecule has 0 heterocycles. The third-order valence-corrected chi connectivity index (χ3v) is 5.80. The SMILES string of the molecule is CC(C)(C)NS(=O)(=O)c1cccc(NC(=O)C2(N)CCCCC2)c1.Cl. The minimum atomic E-state index is -3.65. The molecule has 8 heteroatoms. The maximum atomic E-state index is 12.5. The lowest BCUT2D eigenvalue weighted by atomic mass is 9.82. The molecule has 0 atom stereocenters. The molecule has 0 unspecified atom stereocenters. The van der Waals surface area contributed by atoms with Gasteiger partial charge in [-0.3, -0.25) is 4.79 Å². The maximum absolute atomic E-state index is 12.5. The van der Waals surface area contributed by atoms with Gasteiger partial charge in [-0.25, -0.2) is 13.1 Å². The van der Waals surface area contributed by atoms with E-state index in [9.17, 15) is 13.2 Å². The molecular weight excluding hydrogens is 362 g/mol. The molecule has 1 aliphatic rings. The van der Waals surface area contributed by atoms with E-state index in [1.54, 1.807) is 32.9 Å². The summed E-state index contributed by atoms with van der Waals surface area (Å²) < 4.78 is 27.4. The Hall–Kier alpha value is -1.15. The van der Waals surface area contributed by atoms with Crippen LogP contribution in [-0.2, 0) is 14.8 Å². The average molecular weight is 390 g/mol. The van der Waals surface area contributed by atoms with Crippen molar-refractivity contribution in [2.45, 2.75) is 68.8 Å². The van der Waals surface area contributed by atoms with Crippen molar-refractivity contribution in [3.63, 3.8) is 0 Å². The van der Waals surface area contributed by atoms with Gasteiger partial charge in [0.05, 0.1) is 10.4 Å². The number of carbonyl (C=O) groups is 1. The summed E-state index contributed by atoms with van der Waals surface area (Å²) in [5, 5.41) is 2.77. The summed E-state index contributed by atoms with van der Waals surface area (Å²) in [6.45, 7) is 5.33. The summed E-state index contributed by atoms with van der Waals surface area (Å²) >= 11 is 0. The first-order chi connectivity index (χ1) is 11.0. The molecule has 0 aliphatic heterocycles. The molecule has 0 aromatic heterocycles. The third kappa shape index (κ3) is 5.95. The Labute approximate surface area is 156 Å². The molecule has 2 rings (SSSR count). The van der Waals surface area contributed by atoms with Crippen LogP contribution in [0.5, 0.6) is 0 Å². The zero-order chi connectivity index (χ0) is 18.0. The number of halogens is 1. The van der Waals surface area contributed by atoms with Crippen LogP contribution < -0.4 is 15.8 Å². The van der Waals surface area contributed by atoms with E-state index in [-0.39, 0.29) is 23.2 Å². The highest BCUT2D eigenvalue weighted by atomic mass is 35.5. The van der Waals surface area contributed by atoms with Crippen LogP contribution in [0.3, 0.4) is 0 Å². The first-order valence-corrected chi connectivity index (χ1v) is 9.75. The fraction of sp³-hybridized carbons (Fsp3) is 0.588. The zero-order valence-electron chi connectivity index (χ0n) is 15.0. The Kier molecular flexibility index (Phi) is 7.03. The quantitative estimate of drug-likeness (QED) is 0.736.